The van der Waals surface area contributed by atoms with Gasteiger partial charge in [0, 0.05) is 5.56 Å². The summed E-state index contributed by atoms with van der Waals surface area (Å²) in [6.07, 6.45) is 1.29. The van der Waals surface area contributed by atoms with Gasteiger partial charge < -0.3 is 11.5 Å². The van der Waals surface area contributed by atoms with Gasteiger partial charge in [0.2, 0.25) is 0 Å². The maximum Gasteiger partial charge on any atom is 0.138 e. The van der Waals surface area contributed by atoms with Gasteiger partial charge in [-0.3, -0.25) is 5.41 Å². The van der Waals surface area contributed by atoms with Gasteiger partial charge in [0.15, 0.2) is 0 Å². The quantitative estimate of drug-likeness (QED) is 0.674. The van der Waals surface area contributed by atoms with Crippen LogP contribution in [0.3, 0.4) is 0 Å². The van der Waals surface area contributed by atoms with E-state index in [-0.39, 0.29) is 17.3 Å². The zero-order chi connectivity index (χ0) is 12.4. The summed E-state index contributed by atoms with van der Waals surface area (Å²) in [4.78, 5) is 7.70. The SMILES string of the molecule is Cc1ccc(C(=N)c2c(N)ncnc2N)cc1. The lowest BCUT2D eigenvalue weighted by molar-refractivity contribution is 1.17. The Morgan fingerprint density at radius 3 is 2.12 bits per heavy atom. The first-order valence-electron chi connectivity index (χ1n) is 5.11. The van der Waals surface area contributed by atoms with Crippen LogP contribution in [0, 0.1) is 12.3 Å². The Morgan fingerprint density at radius 1 is 1.06 bits per heavy atom. The molecule has 0 amide bonds. The molecule has 86 valence electrons. The van der Waals surface area contributed by atoms with Crippen LogP contribution in [0.2, 0.25) is 0 Å². The van der Waals surface area contributed by atoms with E-state index < -0.39 is 0 Å². The van der Waals surface area contributed by atoms with Crippen molar-refractivity contribution in [1.82, 2.24) is 9.97 Å². The normalized spacial score (nSPS) is 10.2. The highest BCUT2D eigenvalue weighted by Crippen LogP contribution is 2.19. The van der Waals surface area contributed by atoms with Crippen LogP contribution in [0.1, 0.15) is 16.7 Å². The standard InChI is InChI=1S/C12H13N5/c1-7-2-4-8(5-3-7)10(13)9-11(14)16-6-17-12(9)15/h2-6,13H,1H3,(H4,14,15,16,17). The highest BCUT2D eigenvalue weighted by Gasteiger charge is 2.13. The van der Waals surface area contributed by atoms with Crippen molar-refractivity contribution in [2.24, 2.45) is 0 Å². The number of rotatable bonds is 2. The number of nitrogen functional groups attached to an aromatic ring is 2. The molecule has 0 spiro atoms. The molecular weight excluding hydrogens is 214 g/mol. The summed E-state index contributed by atoms with van der Waals surface area (Å²) >= 11 is 0. The minimum Gasteiger partial charge on any atom is -0.383 e. The predicted molar refractivity (Wildman–Crippen MR) is 68.0 cm³/mol. The highest BCUT2D eigenvalue weighted by atomic mass is 15.0. The van der Waals surface area contributed by atoms with Crippen molar-refractivity contribution in [3.05, 3.63) is 47.3 Å². The second kappa shape index (κ2) is 4.21. The molecule has 2 aromatic rings. The van der Waals surface area contributed by atoms with Crippen LogP contribution < -0.4 is 11.5 Å². The largest absolute Gasteiger partial charge is 0.383 e. The fraction of sp³-hybridized carbons (Fsp3) is 0.0833. The fourth-order valence-corrected chi connectivity index (χ4v) is 1.53. The van der Waals surface area contributed by atoms with E-state index in [0.29, 0.717) is 5.56 Å². The molecule has 2 rings (SSSR count). The van der Waals surface area contributed by atoms with E-state index in [1.807, 2.05) is 31.2 Å². The van der Waals surface area contributed by atoms with Crippen molar-refractivity contribution in [2.75, 3.05) is 11.5 Å². The number of nitrogens with zero attached hydrogens (tertiary/aromatic N) is 2. The molecule has 0 aliphatic carbocycles. The molecule has 1 aromatic heterocycles. The van der Waals surface area contributed by atoms with Crippen molar-refractivity contribution in [3.8, 4) is 0 Å². The summed E-state index contributed by atoms with van der Waals surface area (Å²) in [5, 5.41) is 8.08. The van der Waals surface area contributed by atoms with Crippen molar-refractivity contribution in [2.45, 2.75) is 6.92 Å². The summed E-state index contributed by atoms with van der Waals surface area (Å²) in [6.45, 7) is 1.99. The van der Waals surface area contributed by atoms with Crippen LogP contribution in [-0.2, 0) is 0 Å². The van der Waals surface area contributed by atoms with Crippen LogP contribution in [0.25, 0.3) is 0 Å². The Hall–Kier alpha value is -2.43. The Balaban J connectivity index is 2.47. The lowest BCUT2D eigenvalue weighted by atomic mass is 10.0. The van der Waals surface area contributed by atoms with Crippen molar-refractivity contribution < 1.29 is 0 Å². The van der Waals surface area contributed by atoms with Crippen LogP contribution in [-0.4, -0.2) is 15.7 Å². The van der Waals surface area contributed by atoms with Gasteiger partial charge >= 0.3 is 0 Å². The van der Waals surface area contributed by atoms with E-state index in [4.69, 9.17) is 16.9 Å². The first-order chi connectivity index (χ1) is 8.09. The zero-order valence-electron chi connectivity index (χ0n) is 9.44. The maximum atomic E-state index is 8.08. The summed E-state index contributed by atoms with van der Waals surface area (Å²) < 4.78 is 0. The Morgan fingerprint density at radius 2 is 1.59 bits per heavy atom. The van der Waals surface area contributed by atoms with Gasteiger partial charge in [-0.15, -0.1) is 0 Å². The fourth-order valence-electron chi connectivity index (χ4n) is 1.53. The smallest absolute Gasteiger partial charge is 0.138 e. The molecule has 1 heterocycles. The predicted octanol–water partition coefficient (Wildman–Crippen LogP) is 1.37. The summed E-state index contributed by atoms with van der Waals surface area (Å²) in [5.74, 6) is 0.450. The van der Waals surface area contributed by atoms with Gasteiger partial charge in [-0.1, -0.05) is 29.8 Å². The summed E-state index contributed by atoms with van der Waals surface area (Å²) in [7, 11) is 0. The second-order valence-electron chi connectivity index (χ2n) is 3.76. The van der Waals surface area contributed by atoms with Gasteiger partial charge in [-0.25, -0.2) is 9.97 Å². The number of anilines is 2. The van der Waals surface area contributed by atoms with Crippen molar-refractivity contribution in [1.29, 1.82) is 5.41 Å². The first-order valence-corrected chi connectivity index (χ1v) is 5.11. The van der Waals surface area contributed by atoms with Gasteiger partial charge in [0.05, 0.1) is 11.3 Å². The molecule has 0 saturated carbocycles. The van der Waals surface area contributed by atoms with E-state index in [2.05, 4.69) is 9.97 Å². The van der Waals surface area contributed by atoms with E-state index in [9.17, 15) is 0 Å². The third kappa shape index (κ3) is 2.08. The highest BCUT2D eigenvalue weighted by molar-refractivity contribution is 6.15. The molecule has 17 heavy (non-hydrogen) atoms. The van der Waals surface area contributed by atoms with E-state index in [1.54, 1.807) is 0 Å². The molecule has 0 aliphatic rings. The van der Waals surface area contributed by atoms with Gasteiger partial charge in [-0.2, -0.15) is 0 Å². The molecule has 0 aliphatic heterocycles. The van der Waals surface area contributed by atoms with Crippen molar-refractivity contribution in [3.63, 3.8) is 0 Å². The lowest BCUT2D eigenvalue weighted by Crippen LogP contribution is -2.11. The van der Waals surface area contributed by atoms with E-state index >= 15 is 0 Å². The maximum absolute atomic E-state index is 8.08. The van der Waals surface area contributed by atoms with Crippen LogP contribution in [0.5, 0.6) is 0 Å². The molecule has 5 nitrogen and oxygen atoms in total. The second-order valence-corrected chi connectivity index (χ2v) is 3.76. The van der Waals surface area contributed by atoms with Crippen LogP contribution in [0.4, 0.5) is 11.6 Å². The molecule has 5 N–H and O–H groups in total. The number of nitrogens with two attached hydrogens (primary N) is 2. The Kier molecular flexibility index (Phi) is 2.74. The number of hydrogen-bond acceptors (Lipinski definition) is 5. The van der Waals surface area contributed by atoms with Crippen molar-refractivity contribution >= 4 is 17.3 Å². The molecular formula is C12H13N5. The summed E-state index contributed by atoms with van der Waals surface area (Å²) in [5.41, 5.74) is 13.9. The molecule has 0 bridgehead atoms. The van der Waals surface area contributed by atoms with Crippen LogP contribution >= 0.6 is 0 Å². The average molecular weight is 227 g/mol. The third-order valence-electron chi connectivity index (χ3n) is 2.50. The number of benzene rings is 1. The van der Waals surface area contributed by atoms with Gasteiger partial charge in [0.25, 0.3) is 0 Å². The first kappa shape index (κ1) is 11.1. The Bertz CT molecular complexity index is 539. The molecule has 0 atom stereocenters. The molecule has 0 saturated heterocycles. The topological polar surface area (TPSA) is 102 Å². The minimum absolute atomic E-state index is 0.225. The number of aromatic nitrogens is 2. The third-order valence-corrected chi connectivity index (χ3v) is 2.50. The van der Waals surface area contributed by atoms with E-state index in [1.165, 1.54) is 6.33 Å². The van der Waals surface area contributed by atoms with Crippen LogP contribution in [0.15, 0.2) is 30.6 Å². The molecule has 0 fully saturated rings. The Labute approximate surface area is 99.0 Å². The average Bonchev–Trinajstić information content (AvgIpc) is 2.29. The zero-order valence-corrected chi connectivity index (χ0v) is 9.44. The van der Waals surface area contributed by atoms with Gasteiger partial charge in [-0.05, 0) is 6.92 Å². The number of aryl methyl sites for hydroxylation is 1. The molecule has 5 heteroatoms. The lowest BCUT2D eigenvalue weighted by Gasteiger charge is -2.09. The van der Waals surface area contributed by atoms with Gasteiger partial charge in [0.1, 0.15) is 18.0 Å². The number of hydrogen-bond donors (Lipinski definition) is 3. The summed E-state index contributed by atoms with van der Waals surface area (Å²) in [6, 6.07) is 7.56. The minimum atomic E-state index is 0.225. The number of nitrogens with one attached hydrogen (secondary N) is 1. The molecule has 0 unspecified atom stereocenters. The monoisotopic (exact) mass is 227 g/mol. The van der Waals surface area contributed by atoms with E-state index in [0.717, 1.165) is 11.1 Å². The molecule has 0 radical (unpaired) electrons. The molecule has 1 aromatic carbocycles.